The summed E-state index contributed by atoms with van der Waals surface area (Å²) in [5.41, 5.74) is 3.11. The van der Waals surface area contributed by atoms with Gasteiger partial charge in [-0.15, -0.1) is 0 Å². The van der Waals surface area contributed by atoms with Crippen LogP contribution in [0.5, 0.6) is 0 Å². The predicted octanol–water partition coefficient (Wildman–Crippen LogP) is 2.68. The normalized spacial score (nSPS) is 25.3. The molecule has 0 aromatic heterocycles. The number of nitrogens with one attached hydrogen (secondary N) is 1. The van der Waals surface area contributed by atoms with Gasteiger partial charge in [0.2, 0.25) is 0 Å². The maximum atomic E-state index is 12.4. The van der Waals surface area contributed by atoms with Crippen molar-refractivity contribution >= 4 is 17.6 Å². The minimum absolute atomic E-state index is 0.0218. The number of hydrogen-bond donors (Lipinski definition) is 3. The molecule has 9 heteroatoms. The Hall–Kier alpha value is -2.82. The van der Waals surface area contributed by atoms with Gasteiger partial charge in [-0.3, -0.25) is 14.5 Å². The van der Waals surface area contributed by atoms with Crippen molar-refractivity contribution in [1.29, 1.82) is 0 Å². The van der Waals surface area contributed by atoms with Crippen molar-refractivity contribution in [3.63, 3.8) is 0 Å². The zero-order valence-electron chi connectivity index (χ0n) is 20.6. The van der Waals surface area contributed by atoms with Gasteiger partial charge in [-0.25, -0.2) is 0 Å². The van der Waals surface area contributed by atoms with E-state index in [9.17, 15) is 19.8 Å². The fourth-order valence-electron chi connectivity index (χ4n) is 4.61. The summed E-state index contributed by atoms with van der Waals surface area (Å²) in [7, 11) is 0. The van der Waals surface area contributed by atoms with Crippen molar-refractivity contribution in [2.45, 2.75) is 64.0 Å². The molecular formula is C27H34N2O7. The number of rotatable bonds is 8. The third-order valence-corrected chi connectivity index (χ3v) is 6.46. The summed E-state index contributed by atoms with van der Waals surface area (Å²) in [6, 6.07) is 14.9. The second kappa shape index (κ2) is 11.9. The highest BCUT2D eigenvalue weighted by Crippen LogP contribution is 2.39. The smallest absolute Gasteiger partial charge is 0.303 e. The van der Waals surface area contributed by atoms with Gasteiger partial charge in [-0.05, 0) is 36.6 Å². The third-order valence-electron chi connectivity index (χ3n) is 6.46. The minimum atomic E-state index is -0.917. The molecule has 0 bridgehead atoms. The quantitative estimate of drug-likeness (QED) is 0.476. The van der Waals surface area contributed by atoms with Gasteiger partial charge in [0.05, 0.1) is 24.9 Å². The summed E-state index contributed by atoms with van der Waals surface area (Å²) in [6.07, 6.45) is -0.835. The van der Waals surface area contributed by atoms with Crippen LogP contribution in [0.2, 0.25) is 0 Å². The first kappa shape index (κ1) is 26.2. The van der Waals surface area contributed by atoms with Crippen LogP contribution < -0.4 is 5.32 Å². The van der Waals surface area contributed by atoms with Gasteiger partial charge in [0.25, 0.3) is 5.91 Å². The van der Waals surface area contributed by atoms with E-state index in [0.29, 0.717) is 25.2 Å². The molecule has 2 aromatic carbocycles. The SMILES string of the molecule is CC(=O)O[C@@H](C)C(=O)Nc1cccc(C2O[C@H](CN3CC[C@@H](O)C3)C[C@H](c3ccc(CO)cc3)O2)c1. The number of nitrogens with zero attached hydrogens (tertiary/aromatic N) is 1. The van der Waals surface area contributed by atoms with E-state index in [1.165, 1.54) is 13.8 Å². The lowest BCUT2D eigenvalue weighted by Crippen LogP contribution is -2.38. The van der Waals surface area contributed by atoms with E-state index in [2.05, 4.69) is 10.2 Å². The number of esters is 1. The molecule has 194 valence electrons. The second-order valence-corrected chi connectivity index (χ2v) is 9.42. The molecule has 0 spiro atoms. The van der Waals surface area contributed by atoms with E-state index in [0.717, 1.165) is 29.7 Å². The molecule has 2 heterocycles. The molecule has 2 aliphatic rings. The fraction of sp³-hybridized carbons (Fsp3) is 0.481. The number of benzene rings is 2. The highest BCUT2D eigenvalue weighted by Gasteiger charge is 2.34. The number of carbonyl (C=O) groups excluding carboxylic acids is 2. The molecule has 0 aliphatic carbocycles. The number of aliphatic hydroxyl groups is 2. The zero-order chi connectivity index (χ0) is 25.7. The van der Waals surface area contributed by atoms with Crippen LogP contribution in [0.25, 0.3) is 0 Å². The summed E-state index contributed by atoms with van der Waals surface area (Å²) in [4.78, 5) is 25.8. The predicted molar refractivity (Wildman–Crippen MR) is 132 cm³/mol. The first-order chi connectivity index (χ1) is 17.3. The Morgan fingerprint density at radius 1 is 1.17 bits per heavy atom. The highest BCUT2D eigenvalue weighted by atomic mass is 16.7. The van der Waals surface area contributed by atoms with Crippen LogP contribution in [0.4, 0.5) is 5.69 Å². The van der Waals surface area contributed by atoms with Crippen molar-refractivity contribution in [2.75, 3.05) is 25.0 Å². The fourth-order valence-corrected chi connectivity index (χ4v) is 4.61. The summed E-state index contributed by atoms with van der Waals surface area (Å²) in [5.74, 6) is -0.954. The van der Waals surface area contributed by atoms with Gasteiger partial charge in [0.1, 0.15) is 0 Å². The number of anilines is 1. The molecule has 0 radical (unpaired) electrons. The van der Waals surface area contributed by atoms with Crippen LogP contribution in [-0.2, 0) is 30.4 Å². The molecule has 5 atom stereocenters. The highest BCUT2D eigenvalue weighted by molar-refractivity contribution is 5.95. The van der Waals surface area contributed by atoms with Gasteiger partial charge in [-0.2, -0.15) is 0 Å². The van der Waals surface area contributed by atoms with Gasteiger partial charge >= 0.3 is 5.97 Å². The Morgan fingerprint density at radius 2 is 1.94 bits per heavy atom. The molecule has 2 aromatic rings. The van der Waals surface area contributed by atoms with Gasteiger partial charge in [0, 0.05) is 44.2 Å². The molecule has 0 saturated carbocycles. The van der Waals surface area contributed by atoms with Crippen molar-refractivity contribution in [3.05, 3.63) is 65.2 Å². The lowest BCUT2D eigenvalue weighted by Gasteiger charge is -2.38. The van der Waals surface area contributed by atoms with E-state index < -0.39 is 24.3 Å². The minimum Gasteiger partial charge on any atom is -0.453 e. The van der Waals surface area contributed by atoms with E-state index in [1.807, 2.05) is 30.3 Å². The first-order valence-corrected chi connectivity index (χ1v) is 12.3. The Labute approximate surface area is 211 Å². The standard InChI is InChI=1S/C27H34N2O7/c1-17(34-18(2)31)26(33)28-22-5-3-4-21(12-22)27-35-24(15-29-11-10-23(32)14-29)13-25(36-27)20-8-6-19(16-30)7-9-20/h3-9,12,17,23-25,27,30,32H,10-11,13-16H2,1-2H3,(H,28,33)/t17-,23+,24-,25+,27?/m0/s1. The number of likely N-dealkylation sites (tertiary alicyclic amines) is 1. The topological polar surface area (TPSA) is 118 Å². The van der Waals surface area contributed by atoms with E-state index >= 15 is 0 Å². The monoisotopic (exact) mass is 498 g/mol. The molecule has 1 unspecified atom stereocenters. The van der Waals surface area contributed by atoms with Crippen molar-refractivity contribution in [1.82, 2.24) is 4.90 Å². The summed E-state index contributed by atoms with van der Waals surface area (Å²) in [6.45, 7) is 4.88. The largest absolute Gasteiger partial charge is 0.453 e. The molecule has 9 nitrogen and oxygen atoms in total. The average Bonchev–Trinajstić information content (AvgIpc) is 3.27. The zero-order valence-corrected chi connectivity index (χ0v) is 20.6. The third kappa shape index (κ3) is 6.89. The van der Waals surface area contributed by atoms with Gasteiger partial charge in [-0.1, -0.05) is 36.4 Å². The van der Waals surface area contributed by atoms with Crippen molar-refractivity contribution < 1.29 is 34.0 Å². The molecular weight excluding hydrogens is 464 g/mol. The van der Waals surface area contributed by atoms with Crippen LogP contribution in [0.3, 0.4) is 0 Å². The average molecular weight is 499 g/mol. The summed E-state index contributed by atoms with van der Waals surface area (Å²) in [5, 5.41) is 22.1. The first-order valence-electron chi connectivity index (χ1n) is 12.3. The number of β-amino-alcohol motifs (C(OH)–C–C–N with tert-alkyl or cyclic N) is 1. The van der Waals surface area contributed by atoms with E-state index in [-0.39, 0.29) is 24.9 Å². The van der Waals surface area contributed by atoms with Gasteiger partial charge < -0.3 is 29.7 Å². The summed E-state index contributed by atoms with van der Waals surface area (Å²) >= 11 is 0. The number of ether oxygens (including phenoxy) is 3. The molecule has 3 N–H and O–H groups in total. The van der Waals surface area contributed by atoms with Crippen LogP contribution in [0.15, 0.2) is 48.5 Å². The molecule has 2 fully saturated rings. The molecule has 2 aliphatic heterocycles. The second-order valence-electron chi connectivity index (χ2n) is 9.42. The number of hydrogen-bond acceptors (Lipinski definition) is 8. The maximum absolute atomic E-state index is 12.4. The molecule has 1 amide bonds. The van der Waals surface area contributed by atoms with Crippen LogP contribution in [-0.4, -0.2) is 64.9 Å². The lowest BCUT2D eigenvalue weighted by molar-refractivity contribution is -0.252. The number of aliphatic hydroxyl groups excluding tert-OH is 2. The Balaban J connectivity index is 1.51. The van der Waals surface area contributed by atoms with Crippen LogP contribution in [0, 0.1) is 0 Å². The molecule has 36 heavy (non-hydrogen) atoms. The number of carbonyl (C=O) groups is 2. The Morgan fingerprint density at radius 3 is 2.61 bits per heavy atom. The maximum Gasteiger partial charge on any atom is 0.303 e. The Bertz CT molecular complexity index is 1040. The van der Waals surface area contributed by atoms with Crippen LogP contribution >= 0.6 is 0 Å². The summed E-state index contributed by atoms with van der Waals surface area (Å²) < 4.78 is 17.7. The molecule has 2 saturated heterocycles. The van der Waals surface area contributed by atoms with Crippen molar-refractivity contribution in [2.24, 2.45) is 0 Å². The van der Waals surface area contributed by atoms with Gasteiger partial charge in [0.15, 0.2) is 12.4 Å². The lowest BCUT2D eigenvalue weighted by atomic mass is 9.99. The number of amides is 1. The molecule has 4 rings (SSSR count). The van der Waals surface area contributed by atoms with E-state index in [1.54, 1.807) is 18.2 Å². The Kier molecular flexibility index (Phi) is 8.71. The van der Waals surface area contributed by atoms with E-state index in [4.69, 9.17) is 14.2 Å². The van der Waals surface area contributed by atoms with Crippen LogP contribution in [0.1, 0.15) is 55.8 Å². The van der Waals surface area contributed by atoms with Crippen molar-refractivity contribution in [3.8, 4) is 0 Å².